The predicted molar refractivity (Wildman–Crippen MR) is 137 cm³/mol. The van der Waals surface area contributed by atoms with Gasteiger partial charge in [0.2, 0.25) is 0 Å². The second kappa shape index (κ2) is 12.8. The summed E-state index contributed by atoms with van der Waals surface area (Å²) in [4.78, 5) is 25.3. The van der Waals surface area contributed by atoms with Crippen molar-refractivity contribution in [1.29, 1.82) is 0 Å². The number of hydrazine groups is 2. The number of hydrogen-bond donors (Lipinski definition) is 3. The molecule has 2 rings (SSSR count). The molecule has 0 saturated carbocycles. The highest BCUT2D eigenvalue weighted by atomic mass is 32.1. The molecule has 0 atom stereocenters. The number of nitrogens with one attached hydrogen (secondary N) is 3. The minimum absolute atomic E-state index is 0.114. The van der Waals surface area contributed by atoms with Crippen molar-refractivity contribution < 1.29 is 23.8 Å². The maximum Gasteiger partial charge on any atom is 0.329 e. The van der Waals surface area contributed by atoms with Gasteiger partial charge in [-0.1, -0.05) is 31.4 Å². The Kier molecular flexibility index (Phi) is 10.2. The molecule has 34 heavy (non-hydrogen) atoms. The molecule has 0 aliphatic rings. The van der Waals surface area contributed by atoms with Gasteiger partial charge in [-0.25, -0.2) is 5.43 Å². The first-order valence-electron chi connectivity index (χ1n) is 10.3. The minimum Gasteiger partial charge on any atom is -0.497 e. The molecule has 0 radical (unpaired) electrons. The summed E-state index contributed by atoms with van der Waals surface area (Å²) in [6.07, 6.45) is 0.793. The first-order valence-corrected chi connectivity index (χ1v) is 11.1. The first-order chi connectivity index (χ1) is 16.2. The van der Waals surface area contributed by atoms with Crippen LogP contribution in [-0.2, 0) is 16.0 Å². The maximum atomic E-state index is 12.3. The van der Waals surface area contributed by atoms with Crippen molar-refractivity contribution in [2.45, 2.75) is 13.3 Å². The van der Waals surface area contributed by atoms with Crippen molar-refractivity contribution in [2.75, 3.05) is 34.9 Å². The Labute approximate surface area is 209 Å². The second-order valence-corrected chi connectivity index (χ2v) is 7.94. The van der Waals surface area contributed by atoms with Gasteiger partial charge in [-0.3, -0.25) is 25.4 Å². The van der Waals surface area contributed by atoms with E-state index in [4.69, 9.17) is 38.6 Å². The lowest BCUT2D eigenvalue weighted by molar-refractivity contribution is -0.141. The number of methoxy groups -OCH3 is 3. The van der Waals surface area contributed by atoms with Gasteiger partial charge in [0.1, 0.15) is 22.2 Å². The fourth-order valence-electron chi connectivity index (χ4n) is 2.89. The van der Waals surface area contributed by atoms with E-state index in [1.54, 1.807) is 52.6 Å². The van der Waals surface area contributed by atoms with E-state index in [-0.39, 0.29) is 6.54 Å². The highest BCUT2D eigenvalue weighted by Gasteiger charge is 2.18. The predicted octanol–water partition coefficient (Wildman–Crippen LogP) is 1.95. The van der Waals surface area contributed by atoms with Crippen LogP contribution < -0.4 is 30.5 Å². The van der Waals surface area contributed by atoms with Crippen LogP contribution in [0.15, 0.2) is 36.4 Å². The Bertz CT molecular complexity index is 1030. The summed E-state index contributed by atoms with van der Waals surface area (Å²) in [5.41, 5.74) is 9.82. The second-order valence-electron chi connectivity index (χ2n) is 7.06. The third-order valence-corrected chi connectivity index (χ3v) is 5.65. The average molecular weight is 505 g/mol. The van der Waals surface area contributed by atoms with Gasteiger partial charge in [-0.15, -0.1) is 0 Å². The van der Waals surface area contributed by atoms with Gasteiger partial charge in [-0.05, 0) is 47.9 Å². The third kappa shape index (κ3) is 7.37. The van der Waals surface area contributed by atoms with Crippen molar-refractivity contribution in [3.63, 3.8) is 0 Å². The molecular weight excluding hydrogens is 476 g/mol. The van der Waals surface area contributed by atoms with Gasteiger partial charge in [0.25, 0.3) is 0 Å². The lowest BCUT2D eigenvalue weighted by Gasteiger charge is -2.21. The van der Waals surface area contributed by atoms with Gasteiger partial charge >= 0.3 is 11.8 Å². The molecule has 0 spiro atoms. The van der Waals surface area contributed by atoms with E-state index in [2.05, 4.69) is 16.3 Å². The molecule has 11 heteroatoms. The lowest BCUT2D eigenvalue weighted by Crippen LogP contribution is -2.52. The van der Waals surface area contributed by atoms with Gasteiger partial charge in [-0.2, -0.15) is 0 Å². The summed E-state index contributed by atoms with van der Waals surface area (Å²) < 4.78 is 15.8. The lowest BCUT2D eigenvalue weighted by atomic mass is 10.1. The molecule has 0 aliphatic carbocycles. The number of rotatable bonds is 9. The summed E-state index contributed by atoms with van der Waals surface area (Å²) >= 11 is 10.8. The van der Waals surface area contributed by atoms with Crippen molar-refractivity contribution in [2.24, 2.45) is 0 Å². The van der Waals surface area contributed by atoms with Gasteiger partial charge < -0.3 is 14.2 Å². The summed E-state index contributed by atoms with van der Waals surface area (Å²) in [5.74, 6) is 0.0240. The molecule has 2 aromatic rings. The van der Waals surface area contributed by atoms with Gasteiger partial charge in [0.15, 0.2) is 0 Å². The number of carbonyl (C=O) groups is 2. The van der Waals surface area contributed by atoms with Crippen LogP contribution in [0.1, 0.15) is 23.6 Å². The Morgan fingerprint density at radius 1 is 0.853 bits per heavy atom. The summed E-state index contributed by atoms with van der Waals surface area (Å²) in [6.45, 7) is 2.13. The fraction of sp³-hybridized carbons (Fsp3) is 0.304. The topological polar surface area (TPSA) is 101 Å². The summed E-state index contributed by atoms with van der Waals surface area (Å²) in [6, 6.07) is 10.8. The molecular formula is C23H28N4O5S2. The van der Waals surface area contributed by atoms with Crippen LogP contribution in [0.25, 0.3) is 0 Å². The number of benzene rings is 2. The fourth-order valence-corrected chi connectivity index (χ4v) is 3.24. The molecule has 0 bridgehead atoms. The first kappa shape index (κ1) is 27.0. The Balaban J connectivity index is 1.91. The van der Waals surface area contributed by atoms with E-state index in [0.717, 1.165) is 12.0 Å². The quantitative estimate of drug-likeness (QED) is 0.205. The number of ether oxygens (including phenoxy) is 3. The van der Waals surface area contributed by atoms with Crippen LogP contribution in [0.2, 0.25) is 0 Å². The SMILES string of the molecule is CCc1cc(OC)cc(C(=S)N(C)NC(=O)C(=O)NNCC(=S)c2cc(OC)cc(OC)c2)c1. The van der Waals surface area contributed by atoms with E-state index in [1.807, 2.05) is 19.1 Å². The number of thiocarbonyl (C=S) groups is 2. The van der Waals surface area contributed by atoms with Crippen LogP contribution >= 0.6 is 24.4 Å². The Hall–Kier alpha value is -3.28. The van der Waals surface area contributed by atoms with Crippen molar-refractivity contribution in [3.05, 3.63) is 53.1 Å². The normalized spacial score (nSPS) is 10.1. The molecule has 0 unspecified atom stereocenters. The van der Waals surface area contributed by atoms with Crippen molar-refractivity contribution in [3.8, 4) is 17.2 Å². The maximum absolute atomic E-state index is 12.3. The standard InChI is InChI=1S/C23H28N4O5S2/c1-6-14-7-16(11-17(8-14)30-3)23(34)27(2)26-22(29)21(28)25-24-13-20(33)15-9-18(31-4)12-19(10-15)32-5/h7-12,24H,6,13H2,1-5H3,(H,25,28)(H,26,29). The molecule has 182 valence electrons. The summed E-state index contributed by atoms with van der Waals surface area (Å²) in [5, 5.41) is 1.30. The molecule has 0 heterocycles. The van der Waals surface area contributed by atoms with E-state index in [9.17, 15) is 9.59 Å². The number of carbonyl (C=O) groups excluding carboxylic acids is 2. The smallest absolute Gasteiger partial charge is 0.329 e. The highest BCUT2D eigenvalue weighted by Crippen LogP contribution is 2.23. The molecule has 3 N–H and O–H groups in total. The zero-order valence-electron chi connectivity index (χ0n) is 19.7. The molecule has 2 aromatic carbocycles. The molecule has 0 fully saturated rings. The van der Waals surface area contributed by atoms with Crippen LogP contribution in [0.4, 0.5) is 0 Å². The van der Waals surface area contributed by atoms with Crippen LogP contribution in [0.3, 0.4) is 0 Å². The number of hydrogen-bond acceptors (Lipinski definition) is 8. The molecule has 2 amide bonds. The zero-order chi connectivity index (χ0) is 25.3. The van der Waals surface area contributed by atoms with Crippen molar-refractivity contribution >= 4 is 46.1 Å². The van der Waals surface area contributed by atoms with Crippen molar-refractivity contribution in [1.82, 2.24) is 21.3 Å². The average Bonchev–Trinajstić information content (AvgIpc) is 2.86. The number of nitrogens with zero attached hydrogens (tertiary/aromatic N) is 1. The third-order valence-electron chi connectivity index (χ3n) is 4.76. The monoisotopic (exact) mass is 504 g/mol. The van der Waals surface area contributed by atoms with E-state index in [0.29, 0.717) is 38.2 Å². The molecule has 0 aliphatic heterocycles. The highest BCUT2D eigenvalue weighted by molar-refractivity contribution is 7.81. The van der Waals surface area contributed by atoms with E-state index >= 15 is 0 Å². The molecule has 9 nitrogen and oxygen atoms in total. The van der Waals surface area contributed by atoms with Gasteiger partial charge in [0, 0.05) is 23.5 Å². The van der Waals surface area contributed by atoms with Crippen LogP contribution in [0.5, 0.6) is 17.2 Å². The van der Waals surface area contributed by atoms with Crippen LogP contribution in [0, 0.1) is 0 Å². The Morgan fingerprint density at radius 2 is 1.41 bits per heavy atom. The largest absolute Gasteiger partial charge is 0.497 e. The van der Waals surface area contributed by atoms with E-state index < -0.39 is 11.8 Å². The van der Waals surface area contributed by atoms with E-state index in [1.165, 1.54) is 5.01 Å². The number of amides is 2. The minimum atomic E-state index is -0.902. The van der Waals surface area contributed by atoms with Crippen LogP contribution in [-0.4, -0.2) is 61.6 Å². The summed E-state index contributed by atoms with van der Waals surface area (Å²) in [7, 11) is 6.20. The zero-order valence-corrected chi connectivity index (χ0v) is 21.3. The van der Waals surface area contributed by atoms with Gasteiger partial charge in [0.05, 0.1) is 27.9 Å². The molecule has 0 saturated heterocycles. The number of aryl methyl sites for hydroxylation is 1. The molecule has 0 aromatic heterocycles. The Morgan fingerprint density at radius 3 is 1.97 bits per heavy atom.